The predicted octanol–water partition coefficient (Wildman–Crippen LogP) is 1.60. The second-order valence-corrected chi connectivity index (χ2v) is 5.84. The molecule has 3 rings (SSSR count). The van der Waals surface area contributed by atoms with Gasteiger partial charge in [0.15, 0.2) is 5.76 Å². The summed E-state index contributed by atoms with van der Waals surface area (Å²) >= 11 is 0. The Morgan fingerprint density at radius 1 is 1.38 bits per heavy atom. The maximum atomic E-state index is 11.9. The van der Waals surface area contributed by atoms with Gasteiger partial charge in [-0.15, -0.1) is 12.4 Å². The number of amides is 1. The van der Waals surface area contributed by atoms with Crippen LogP contribution in [0.5, 0.6) is 0 Å². The van der Waals surface area contributed by atoms with Gasteiger partial charge in [-0.25, -0.2) is 0 Å². The van der Waals surface area contributed by atoms with Gasteiger partial charge < -0.3 is 15.2 Å². The van der Waals surface area contributed by atoms with Gasteiger partial charge in [0.2, 0.25) is 5.91 Å². The van der Waals surface area contributed by atoms with Crippen molar-refractivity contribution in [2.45, 2.75) is 52.2 Å². The average molecular weight is 354 g/mol. The number of carbonyl (C=O) groups is 1. The first-order valence-corrected chi connectivity index (χ1v) is 8.22. The lowest BCUT2D eigenvalue weighted by atomic mass is 10.2. The first-order valence-electron chi connectivity index (χ1n) is 8.22. The van der Waals surface area contributed by atoms with E-state index in [4.69, 9.17) is 4.52 Å². The van der Waals surface area contributed by atoms with Crippen LogP contribution < -0.4 is 10.6 Å². The van der Waals surface area contributed by atoms with E-state index in [0.29, 0.717) is 25.1 Å². The van der Waals surface area contributed by atoms with Crippen molar-refractivity contribution in [3.05, 3.63) is 35.0 Å². The lowest BCUT2D eigenvalue weighted by Crippen LogP contribution is -2.28. The highest BCUT2D eigenvalue weighted by Gasteiger charge is 2.13. The van der Waals surface area contributed by atoms with Crippen LogP contribution >= 0.6 is 12.4 Å². The maximum absolute atomic E-state index is 11.9. The van der Waals surface area contributed by atoms with E-state index < -0.39 is 0 Å². The molecule has 0 atom stereocenters. The summed E-state index contributed by atoms with van der Waals surface area (Å²) in [7, 11) is 0. The Labute approximate surface area is 147 Å². The number of nitrogens with zero attached hydrogens (tertiary/aromatic N) is 3. The number of halogens is 1. The first kappa shape index (κ1) is 18.5. The molecule has 2 aromatic heterocycles. The van der Waals surface area contributed by atoms with Gasteiger partial charge in [0.1, 0.15) is 0 Å². The Morgan fingerprint density at radius 2 is 2.25 bits per heavy atom. The van der Waals surface area contributed by atoms with Gasteiger partial charge in [0.05, 0.1) is 30.2 Å². The van der Waals surface area contributed by atoms with Gasteiger partial charge in [-0.3, -0.25) is 9.48 Å². The molecule has 0 aliphatic carbocycles. The minimum absolute atomic E-state index is 0. The predicted molar refractivity (Wildman–Crippen MR) is 91.8 cm³/mol. The number of fused-ring (bicyclic) bond motifs is 1. The van der Waals surface area contributed by atoms with Crippen LogP contribution in [0.4, 0.5) is 0 Å². The monoisotopic (exact) mass is 353 g/mol. The molecule has 0 fully saturated rings. The van der Waals surface area contributed by atoms with E-state index >= 15 is 0 Å². The number of aryl methyl sites for hydroxylation is 2. The van der Waals surface area contributed by atoms with Gasteiger partial charge in [-0.1, -0.05) is 18.5 Å². The second kappa shape index (κ2) is 8.84. The van der Waals surface area contributed by atoms with Crippen molar-refractivity contribution in [3.63, 3.8) is 0 Å². The molecule has 3 heterocycles. The minimum atomic E-state index is 0. The Hall–Kier alpha value is -1.86. The van der Waals surface area contributed by atoms with E-state index in [-0.39, 0.29) is 18.3 Å². The zero-order valence-corrected chi connectivity index (χ0v) is 14.7. The van der Waals surface area contributed by atoms with Crippen molar-refractivity contribution in [1.29, 1.82) is 0 Å². The maximum Gasteiger partial charge on any atom is 0.220 e. The van der Waals surface area contributed by atoms with E-state index in [1.165, 1.54) is 5.69 Å². The fraction of sp³-hybridized carbons (Fsp3) is 0.562. The smallest absolute Gasteiger partial charge is 0.220 e. The molecular weight excluding hydrogens is 330 g/mol. The number of rotatable bonds is 7. The van der Waals surface area contributed by atoms with E-state index in [0.717, 1.165) is 43.9 Å². The third kappa shape index (κ3) is 4.82. The lowest BCUT2D eigenvalue weighted by molar-refractivity contribution is -0.121. The highest BCUT2D eigenvalue weighted by Crippen LogP contribution is 2.10. The third-order valence-electron chi connectivity index (χ3n) is 3.90. The second-order valence-electron chi connectivity index (χ2n) is 5.84. The summed E-state index contributed by atoms with van der Waals surface area (Å²) in [6.07, 6.45) is 3.02. The fourth-order valence-corrected chi connectivity index (χ4v) is 2.70. The molecule has 2 aromatic rings. The quantitative estimate of drug-likeness (QED) is 0.789. The molecule has 1 aliphatic heterocycles. The summed E-state index contributed by atoms with van der Waals surface area (Å²) in [4.78, 5) is 11.9. The van der Waals surface area contributed by atoms with Crippen molar-refractivity contribution < 1.29 is 9.32 Å². The van der Waals surface area contributed by atoms with Gasteiger partial charge in [0.25, 0.3) is 0 Å². The van der Waals surface area contributed by atoms with Crippen molar-refractivity contribution >= 4 is 18.3 Å². The van der Waals surface area contributed by atoms with Gasteiger partial charge in [0, 0.05) is 32.0 Å². The van der Waals surface area contributed by atoms with Crippen LogP contribution in [-0.4, -0.2) is 27.4 Å². The largest absolute Gasteiger partial charge is 0.359 e. The Morgan fingerprint density at radius 3 is 3.04 bits per heavy atom. The fourth-order valence-electron chi connectivity index (χ4n) is 2.70. The molecule has 0 saturated carbocycles. The summed E-state index contributed by atoms with van der Waals surface area (Å²) in [5.74, 6) is 0.702. The molecule has 24 heavy (non-hydrogen) atoms. The van der Waals surface area contributed by atoms with E-state index in [9.17, 15) is 4.79 Å². The van der Waals surface area contributed by atoms with Crippen molar-refractivity contribution in [1.82, 2.24) is 25.6 Å². The van der Waals surface area contributed by atoms with E-state index in [1.54, 1.807) is 0 Å². The van der Waals surface area contributed by atoms with Gasteiger partial charge >= 0.3 is 0 Å². The average Bonchev–Trinajstić information content (AvgIpc) is 3.17. The highest BCUT2D eigenvalue weighted by atomic mass is 35.5. The van der Waals surface area contributed by atoms with Crippen molar-refractivity contribution in [2.24, 2.45) is 0 Å². The van der Waals surface area contributed by atoms with Gasteiger partial charge in [-0.2, -0.15) is 5.10 Å². The highest BCUT2D eigenvalue weighted by molar-refractivity contribution is 5.85. The molecule has 0 saturated heterocycles. The summed E-state index contributed by atoms with van der Waals surface area (Å²) < 4.78 is 7.22. The number of hydrogen-bond donors (Lipinski definition) is 2. The van der Waals surface area contributed by atoms with Crippen LogP contribution in [0.1, 0.15) is 42.6 Å². The molecule has 2 N–H and O–H groups in total. The Kier molecular flexibility index (Phi) is 6.81. The standard InChI is InChI=1S/C16H23N5O2.ClH/c1-2-3-13-9-15(23-20-13)11-18-16(22)5-4-12-8-14-10-17-6-7-21(14)19-12;/h8-9,17H,2-7,10-11H2,1H3,(H,18,22);1H. The topological polar surface area (TPSA) is 85.0 Å². The number of hydrogen-bond acceptors (Lipinski definition) is 5. The van der Waals surface area contributed by atoms with E-state index in [1.807, 2.05) is 10.7 Å². The molecule has 0 radical (unpaired) electrons. The minimum Gasteiger partial charge on any atom is -0.359 e. The summed E-state index contributed by atoms with van der Waals surface area (Å²) in [5, 5.41) is 14.7. The molecule has 132 valence electrons. The van der Waals surface area contributed by atoms with Crippen LogP contribution in [0.25, 0.3) is 0 Å². The first-order chi connectivity index (χ1) is 11.2. The molecule has 7 nitrogen and oxygen atoms in total. The van der Waals surface area contributed by atoms with Crippen LogP contribution in [0.3, 0.4) is 0 Å². The van der Waals surface area contributed by atoms with Crippen LogP contribution in [0, 0.1) is 0 Å². The number of carbonyl (C=O) groups excluding carboxylic acids is 1. The summed E-state index contributed by atoms with van der Waals surface area (Å²) in [5.41, 5.74) is 3.11. The zero-order chi connectivity index (χ0) is 16.1. The van der Waals surface area contributed by atoms with Crippen LogP contribution in [-0.2, 0) is 37.3 Å². The summed E-state index contributed by atoms with van der Waals surface area (Å²) in [6, 6.07) is 3.98. The molecular formula is C16H24ClN5O2. The normalized spacial score (nSPS) is 13.2. The van der Waals surface area contributed by atoms with Crippen LogP contribution in [0.15, 0.2) is 16.7 Å². The zero-order valence-electron chi connectivity index (χ0n) is 13.9. The van der Waals surface area contributed by atoms with Crippen molar-refractivity contribution in [2.75, 3.05) is 6.54 Å². The van der Waals surface area contributed by atoms with Crippen molar-refractivity contribution in [3.8, 4) is 0 Å². The molecule has 0 spiro atoms. The lowest BCUT2D eigenvalue weighted by Gasteiger charge is -2.13. The molecule has 8 heteroatoms. The van der Waals surface area contributed by atoms with Gasteiger partial charge in [-0.05, 0) is 12.5 Å². The number of nitrogens with one attached hydrogen (secondary N) is 2. The molecule has 0 unspecified atom stereocenters. The SMILES string of the molecule is CCCc1cc(CNC(=O)CCc2cc3n(n2)CCNC3)on1.Cl. The Bertz CT molecular complexity index is 644. The Balaban J connectivity index is 0.00000208. The third-order valence-corrected chi connectivity index (χ3v) is 3.90. The molecule has 0 bridgehead atoms. The van der Waals surface area contributed by atoms with Crippen LogP contribution in [0.2, 0.25) is 0 Å². The molecule has 1 amide bonds. The number of aromatic nitrogens is 3. The van der Waals surface area contributed by atoms with E-state index in [2.05, 4.69) is 33.9 Å². The molecule has 0 aromatic carbocycles. The molecule has 1 aliphatic rings. The summed E-state index contributed by atoms with van der Waals surface area (Å²) in [6.45, 7) is 5.18.